The van der Waals surface area contributed by atoms with Crippen molar-refractivity contribution in [1.29, 1.82) is 0 Å². The summed E-state index contributed by atoms with van der Waals surface area (Å²) in [4.78, 5) is 26.1. The highest BCUT2D eigenvalue weighted by molar-refractivity contribution is 8.04. The van der Waals surface area contributed by atoms with Gasteiger partial charge in [0.15, 0.2) is 5.78 Å². The van der Waals surface area contributed by atoms with Crippen LogP contribution in [-0.4, -0.2) is 65.4 Å². The molecule has 1 fully saturated rings. The normalized spacial score (nSPS) is 16.1. The Morgan fingerprint density at radius 2 is 1.63 bits per heavy atom. The quantitative estimate of drug-likeness (QED) is 0.497. The van der Waals surface area contributed by atoms with Crippen LogP contribution < -0.4 is 4.74 Å². The highest BCUT2D eigenvalue weighted by Gasteiger charge is 2.17. The number of Topliss-reactive ketones (excluding diaryl/α,β-unsaturated/α-hetero) is 1. The maximum atomic E-state index is 11.9. The molecule has 1 heterocycles. The highest BCUT2D eigenvalue weighted by atomic mass is 32.2. The van der Waals surface area contributed by atoms with Crippen molar-refractivity contribution in [2.75, 3.05) is 39.3 Å². The molecule has 1 aliphatic rings. The Morgan fingerprint density at radius 1 is 0.967 bits per heavy atom. The summed E-state index contributed by atoms with van der Waals surface area (Å²) in [6.45, 7) is 5.23. The van der Waals surface area contributed by atoms with Crippen LogP contribution in [0.1, 0.15) is 23.2 Å². The first-order valence-corrected chi connectivity index (χ1v) is 11.4. The van der Waals surface area contributed by atoms with Gasteiger partial charge in [0.25, 0.3) is 0 Å². The minimum absolute atomic E-state index is 0.0107. The number of carbonyl (C=O) groups excluding carboxylic acids is 1. The number of carboxylic acids is 1. The number of thiol groups is 1. The van der Waals surface area contributed by atoms with E-state index in [1.54, 1.807) is 24.3 Å². The summed E-state index contributed by atoms with van der Waals surface area (Å²) in [5.74, 6) is -0.428. The summed E-state index contributed by atoms with van der Waals surface area (Å²) in [6.07, 6.45) is -0.140. The molecule has 1 unspecified atom stereocenters. The van der Waals surface area contributed by atoms with Gasteiger partial charge in [0.1, 0.15) is 12.4 Å². The number of nitrogens with zero attached hydrogens (tertiary/aromatic N) is 2. The van der Waals surface area contributed by atoms with Gasteiger partial charge in [-0.2, -0.15) is 0 Å². The third kappa shape index (κ3) is 6.47. The summed E-state index contributed by atoms with van der Waals surface area (Å²) < 4.78 is 8.17. The molecule has 160 valence electrons. The number of carboxylic acid groups (broad SMARTS) is 1. The van der Waals surface area contributed by atoms with Crippen LogP contribution in [0.3, 0.4) is 0 Å². The Hall–Kier alpha value is -2.57. The van der Waals surface area contributed by atoms with Crippen molar-refractivity contribution in [2.45, 2.75) is 17.7 Å². The lowest BCUT2D eigenvalue weighted by Gasteiger charge is -2.35. The molecular formula is C23H28N2O4S. The number of benzene rings is 2. The number of rotatable bonds is 8. The second kappa shape index (κ2) is 11.0. The van der Waals surface area contributed by atoms with Crippen LogP contribution in [0.15, 0.2) is 59.5 Å². The van der Waals surface area contributed by atoms with Crippen LogP contribution in [0.4, 0.5) is 0 Å². The van der Waals surface area contributed by atoms with E-state index < -0.39 is 16.5 Å². The van der Waals surface area contributed by atoms with Crippen molar-refractivity contribution in [3.63, 3.8) is 0 Å². The van der Waals surface area contributed by atoms with Gasteiger partial charge >= 0.3 is 5.97 Å². The molecule has 0 spiro atoms. The molecule has 0 saturated carbocycles. The molecule has 1 N–H and O–H groups in total. The Bertz CT molecular complexity index is 914. The van der Waals surface area contributed by atoms with Gasteiger partial charge in [0.2, 0.25) is 0 Å². The number of piperazine rings is 1. The molecule has 7 heteroatoms. The van der Waals surface area contributed by atoms with Crippen LogP contribution >= 0.6 is 10.5 Å². The molecule has 0 amide bonds. The Balaban J connectivity index is 1.38. The number of ketones is 1. The molecule has 0 radical (unpaired) electrons. The van der Waals surface area contributed by atoms with Crippen LogP contribution in [-0.2, 0) is 4.79 Å². The zero-order valence-electron chi connectivity index (χ0n) is 16.9. The molecule has 6 nitrogen and oxygen atoms in total. The number of carbonyl (C=O) groups is 2. The van der Waals surface area contributed by atoms with Crippen molar-refractivity contribution in [2.24, 2.45) is 0 Å². The van der Waals surface area contributed by atoms with E-state index in [9.17, 15) is 9.59 Å². The summed E-state index contributed by atoms with van der Waals surface area (Å²) >= 11 is 0. The van der Waals surface area contributed by atoms with Gasteiger partial charge in [-0.15, -0.1) is 16.2 Å². The molecule has 0 bridgehead atoms. The van der Waals surface area contributed by atoms with Crippen LogP contribution in [0.25, 0.3) is 0 Å². The van der Waals surface area contributed by atoms with Gasteiger partial charge in [0.05, 0.1) is 6.42 Å². The van der Waals surface area contributed by atoms with Gasteiger partial charge < -0.3 is 9.84 Å². The molecule has 30 heavy (non-hydrogen) atoms. The Labute approximate surface area is 179 Å². The molecule has 0 aliphatic carbocycles. The minimum atomic E-state index is -0.965. The maximum absolute atomic E-state index is 11.9. The van der Waals surface area contributed by atoms with E-state index >= 15 is 0 Å². The number of hydrogen-bond acceptors (Lipinski definition) is 5. The van der Waals surface area contributed by atoms with Crippen LogP contribution in [0, 0.1) is 5.69 Å². The topological polar surface area (TPSA) is 70.1 Å². The Kier molecular flexibility index (Phi) is 8.11. The molecule has 1 aliphatic heterocycles. The summed E-state index contributed by atoms with van der Waals surface area (Å²) in [7, 11) is -0.762. The first-order chi connectivity index (χ1) is 14.5. The monoisotopic (exact) mass is 428 g/mol. The van der Waals surface area contributed by atoms with E-state index in [1.165, 1.54) is 4.90 Å². The van der Waals surface area contributed by atoms with Gasteiger partial charge in [-0.3, -0.25) is 18.8 Å². The Morgan fingerprint density at radius 3 is 2.27 bits per heavy atom. The van der Waals surface area contributed by atoms with Crippen molar-refractivity contribution in [3.8, 4) is 11.4 Å². The van der Waals surface area contributed by atoms with Gasteiger partial charge in [0, 0.05) is 49.6 Å². The summed E-state index contributed by atoms with van der Waals surface area (Å²) in [5.41, 5.74) is 6.96. The van der Waals surface area contributed by atoms with Crippen molar-refractivity contribution < 1.29 is 19.4 Å². The zero-order chi connectivity index (χ0) is 21.3. The van der Waals surface area contributed by atoms with E-state index in [0.29, 0.717) is 17.9 Å². The molecule has 1 saturated heterocycles. The first kappa shape index (κ1) is 22.1. The van der Waals surface area contributed by atoms with E-state index in [1.807, 2.05) is 18.2 Å². The van der Waals surface area contributed by atoms with Crippen LogP contribution in [0.2, 0.25) is 0 Å². The standard InChI is InChI=1S/C23H28N2O4S/c1-30(21-5-3-2-4-6-21)25-15-13-24(14-16-25)17-18-29-20-9-7-19(8-10-20)22(26)11-12-23(27)28/h1-10,30H,11-18H2,(H,27,28). The molecule has 1 atom stereocenters. The summed E-state index contributed by atoms with van der Waals surface area (Å²) in [5, 5.41) is 8.67. The van der Waals surface area contributed by atoms with Crippen molar-refractivity contribution >= 4 is 22.2 Å². The van der Waals surface area contributed by atoms with Gasteiger partial charge in [-0.05, 0) is 36.4 Å². The zero-order valence-corrected chi connectivity index (χ0v) is 17.8. The molecule has 2 aromatic carbocycles. The third-order valence-corrected chi connectivity index (χ3v) is 6.93. The van der Waals surface area contributed by atoms with Gasteiger partial charge in [-0.1, -0.05) is 18.2 Å². The minimum Gasteiger partial charge on any atom is -0.492 e. The van der Waals surface area contributed by atoms with E-state index in [-0.39, 0.29) is 18.6 Å². The average Bonchev–Trinajstić information content (AvgIpc) is 2.78. The summed E-state index contributed by atoms with van der Waals surface area (Å²) in [6, 6.07) is 17.1. The SMILES string of the molecule is C#[SH](c1ccccc1)N1CCN(CCOc2ccc(C(=O)CCC(=O)O)cc2)CC1. The molecule has 3 rings (SSSR count). The average molecular weight is 429 g/mol. The van der Waals surface area contributed by atoms with E-state index in [0.717, 1.165) is 32.7 Å². The second-order valence-corrected chi connectivity index (χ2v) is 8.94. The van der Waals surface area contributed by atoms with Crippen molar-refractivity contribution in [3.05, 3.63) is 60.2 Å². The first-order valence-electron chi connectivity index (χ1n) is 10.1. The largest absolute Gasteiger partial charge is 0.492 e. The van der Waals surface area contributed by atoms with Gasteiger partial charge in [-0.25, -0.2) is 0 Å². The predicted molar refractivity (Wildman–Crippen MR) is 120 cm³/mol. The lowest BCUT2D eigenvalue weighted by Crippen LogP contribution is -2.45. The maximum Gasteiger partial charge on any atom is 0.303 e. The number of ether oxygens (including phenoxy) is 1. The molecule has 2 aromatic rings. The van der Waals surface area contributed by atoms with E-state index in [4.69, 9.17) is 15.5 Å². The third-order valence-electron chi connectivity index (χ3n) is 5.09. The number of aliphatic carboxylic acids is 1. The van der Waals surface area contributed by atoms with Crippen LogP contribution in [0.5, 0.6) is 5.75 Å². The molecular weight excluding hydrogens is 400 g/mol. The predicted octanol–water partition coefficient (Wildman–Crippen LogP) is 3.29. The highest BCUT2D eigenvalue weighted by Crippen LogP contribution is 2.27. The fraction of sp³-hybridized carbons (Fsp3) is 0.348. The second-order valence-electron chi connectivity index (χ2n) is 7.17. The van der Waals surface area contributed by atoms with Crippen molar-refractivity contribution in [1.82, 2.24) is 9.21 Å². The van der Waals surface area contributed by atoms with E-state index in [2.05, 4.69) is 21.3 Å². The fourth-order valence-electron chi connectivity index (χ4n) is 3.31. The lowest BCUT2D eigenvalue weighted by molar-refractivity contribution is -0.136. The number of hydrogen-bond donors (Lipinski definition) is 2. The lowest BCUT2D eigenvalue weighted by atomic mass is 10.1. The smallest absolute Gasteiger partial charge is 0.303 e. The molecule has 0 aromatic heterocycles. The fourth-order valence-corrected chi connectivity index (χ4v) is 4.73.